The number of anilines is 2. The van der Waals surface area contributed by atoms with Gasteiger partial charge >= 0.3 is 0 Å². The van der Waals surface area contributed by atoms with E-state index in [1.54, 1.807) is 24.3 Å². The maximum atomic E-state index is 13.8. The van der Waals surface area contributed by atoms with E-state index in [0.29, 0.717) is 16.5 Å². The Labute approximate surface area is 324 Å². The van der Waals surface area contributed by atoms with Crippen molar-refractivity contribution in [1.82, 2.24) is 5.32 Å². The summed E-state index contributed by atoms with van der Waals surface area (Å²) in [6.07, 6.45) is 1.89. The quantitative estimate of drug-likeness (QED) is 0.149. The number of halogens is 3. The zero-order valence-corrected chi connectivity index (χ0v) is 32.9. The summed E-state index contributed by atoms with van der Waals surface area (Å²) in [5.41, 5.74) is 2.91. The van der Waals surface area contributed by atoms with E-state index in [4.69, 9.17) is 39.5 Å². The Morgan fingerprint density at radius 3 is 2.17 bits per heavy atom. The summed E-state index contributed by atoms with van der Waals surface area (Å²) in [5, 5.41) is 10.8. The number of hydrogen-bond acceptors (Lipinski definition) is 6. The van der Waals surface area contributed by atoms with Crippen LogP contribution in [0.15, 0.2) is 94.9 Å². The van der Waals surface area contributed by atoms with E-state index >= 15 is 0 Å². The van der Waals surface area contributed by atoms with Gasteiger partial charge in [0.2, 0.25) is 0 Å². The number of nitrogens with one attached hydrogen (secondary N) is 2. The van der Waals surface area contributed by atoms with Gasteiger partial charge in [-0.05, 0) is 77.8 Å². The van der Waals surface area contributed by atoms with Crippen LogP contribution in [0.5, 0.6) is 5.75 Å². The van der Waals surface area contributed by atoms with E-state index < -0.39 is 17.1 Å². The lowest BCUT2D eigenvalue weighted by Crippen LogP contribution is -2.38. The lowest BCUT2D eigenvalue weighted by molar-refractivity contribution is -0.118. The second-order valence-electron chi connectivity index (χ2n) is 13.7. The monoisotopic (exact) mass is 778 g/mol. The van der Waals surface area contributed by atoms with Gasteiger partial charge in [0.1, 0.15) is 11.4 Å². The molecule has 12 heteroatoms. The molecule has 3 amide bonds. The number of thioether (sulfide) groups is 1. The molecule has 0 aliphatic carbocycles. The average molecular weight is 780 g/mol. The summed E-state index contributed by atoms with van der Waals surface area (Å²) in [5.74, 6) is -0.614. The van der Waals surface area contributed by atoms with Crippen LogP contribution in [0.2, 0.25) is 15.1 Å². The van der Waals surface area contributed by atoms with E-state index in [9.17, 15) is 14.4 Å². The van der Waals surface area contributed by atoms with Crippen LogP contribution < -0.4 is 20.4 Å². The van der Waals surface area contributed by atoms with Crippen LogP contribution in [0, 0.1) is 0 Å². The molecule has 1 aliphatic rings. The fourth-order valence-corrected chi connectivity index (χ4v) is 7.42. The number of carbonyl (C=O) groups excluding carboxylic acids is 3. The van der Waals surface area contributed by atoms with Gasteiger partial charge in [0.15, 0.2) is 17.7 Å². The fraction of sp³-hybridized carbons (Fsp3) is 0.300. The van der Waals surface area contributed by atoms with E-state index in [2.05, 4.69) is 69.4 Å². The van der Waals surface area contributed by atoms with Gasteiger partial charge in [0, 0.05) is 26.7 Å². The van der Waals surface area contributed by atoms with Crippen molar-refractivity contribution in [2.75, 3.05) is 16.9 Å². The first-order valence-electron chi connectivity index (χ1n) is 16.9. The molecule has 0 fully saturated rings. The minimum Gasteiger partial charge on any atom is -0.483 e. The van der Waals surface area contributed by atoms with Gasteiger partial charge in [-0.15, -0.1) is 16.9 Å². The molecule has 1 aliphatic heterocycles. The largest absolute Gasteiger partial charge is 0.483 e. The summed E-state index contributed by atoms with van der Waals surface area (Å²) in [6.45, 7) is 12.9. The average Bonchev–Trinajstić information content (AvgIpc) is 3.40. The standard InChI is InChI=1S/C40H41Cl3N4O4S/c1-7-39(3,4)25-17-18-32(29(20-25)40(5,6)8-2)51-23-33(48)44-27-14-12-13-24(19-27)37(49)45-36-35(52-28-15-10-9-11-16-28)38(50)47(46-36)34-30(42)21-26(41)22-31(34)43/h9-22,35H,7-8,23H2,1-6H3,(H,44,48)(H,45,46,49)/t35-/m0/s1. The zero-order valence-electron chi connectivity index (χ0n) is 29.9. The number of rotatable bonds is 12. The third-order valence-corrected chi connectivity index (χ3v) is 11.3. The van der Waals surface area contributed by atoms with Crippen LogP contribution in [0.25, 0.3) is 0 Å². The van der Waals surface area contributed by atoms with E-state index in [0.717, 1.165) is 28.3 Å². The molecule has 52 heavy (non-hydrogen) atoms. The molecule has 0 radical (unpaired) electrons. The van der Waals surface area contributed by atoms with Gasteiger partial charge in [0.25, 0.3) is 17.7 Å². The predicted octanol–water partition coefficient (Wildman–Crippen LogP) is 10.3. The number of carbonyl (C=O) groups is 3. The summed E-state index contributed by atoms with van der Waals surface area (Å²) in [6, 6.07) is 24.9. The number of hydrogen-bond donors (Lipinski definition) is 2. The Morgan fingerprint density at radius 1 is 0.846 bits per heavy atom. The highest BCUT2D eigenvalue weighted by Crippen LogP contribution is 2.41. The lowest BCUT2D eigenvalue weighted by Gasteiger charge is -2.30. The highest BCUT2D eigenvalue weighted by atomic mass is 35.5. The first kappa shape index (κ1) is 39.2. The molecule has 5 rings (SSSR count). The Balaban J connectivity index is 1.32. The summed E-state index contributed by atoms with van der Waals surface area (Å²) in [4.78, 5) is 41.3. The molecule has 272 valence electrons. The molecule has 0 saturated heterocycles. The highest BCUT2D eigenvalue weighted by molar-refractivity contribution is 8.01. The van der Waals surface area contributed by atoms with Gasteiger partial charge in [-0.2, -0.15) is 5.01 Å². The van der Waals surface area contributed by atoms with Crippen LogP contribution in [-0.2, 0) is 20.4 Å². The zero-order chi connectivity index (χ0) is 37.8. The van der Waals surface area contributed by atoms with Gasteiger partial charge in [-0.25, -0.2) is 0 Å². The fourth-order valence-electron chi connectivity index (χ4n) is 5.43. The molecular weight excluding hydrogens is 739 g/mol. The molecule has 0 unspecified atom stereocenters. The van der Waals surface area contributed by atoms with Crippen LogP contribution in [-0.4, -0.2) is 35.4 Å². The number of amidine groups is 1. The lowest BCUT2D eigenvalue weighted by atomic mass is 9.76. The maximum absolute atomic E-state index is 13.8. The van der Waals surface area contributed by atoms with Crippen molar-refractivity contribution in [1.29, 1.82) is 0 Å². The van der Waals surface area contributed by atoms with Crippen molar-refractivity contribution in [3.8, 4) is 5.75 Å². The van der Waals surface area contributed by atoms with Gasteiger partial charge < -0.3 is 15.4 Å². The van der Waals surface area contributed by atoms with Crippen LogP contribution in [0.3, 0.4) is 0 Å². The molecule has 0 saturated carbocycles. The van der Waals surface area contributed by atoms with Crippen molar-refractivity contribution in [2.24, 2.45) is 5.10 Å². The first-order chi connectivity index (χ1) is 24.6. The molecule has 1 atom stereocenters. The van der Waals surface area contributed by atoms with Gasteiger partial charge in [-0.3, -0.25) is 14.4 Å². The minimum atomic E-state index is -0.918. The van der Waals surface area contributed by atoms with E-state index in [1.807, 2.05) is 36.4 Å². The maximum Gasteiger partial charge on any atom is 0.268 e. The molecule has 0 aromatic heterocycles. The highest BCUT2D eigenvalue weighted by Gasteiger charge is 2.40. The van der Waals surface area contributed by atoms with Crippen molar-refractivity contribution in [3.05, 3.63) is 117 Å². The predicted molar refractivity (Wildman–Crippen MR) is 214 cm³/mol. The van der Waals surface area contributed by atoms with Crippen molar-refractivity contribution >= 4 is 81.5 Å². The van der Waals surface area contributed by atoms with Crippen molar-refractivity contribution in [3.63, 3.8) is 0 Å². The molecule has 0 spiro atoms. The number of amides is 3. The van der Waals surface area contributed by atoms with Crippen LogP contribution in [0.4, 0.5) is 11.4 Å². The number of benzene rings is 4. The third-order valence-electron chi connectivity index (χ3n) is 9.35. The summed E-state index contributed by atoms with van der Waals surface area (Å²) >= 11 is 20.2. The third kappa shape index (κ3) is 8.94. The first-order valence-corrected chi connectivity index (χ1v) is 18.9. The Bertz CT molecular complexity index is 2000. The summed E-state index contributed by atoms with van der Waals surface area (Å²) < 4.78 is 6.10. The number of hydrazone groups is 1. The number of nitrogens with zero attached hydrogens (tertiary/aromatic N) is 2. The number of ether oxygens (including phenoxy) is 1. The van der Waals surface area contributed by atoms with Crippen LogP contribution >= 0.6 is 46.6 Å². The van der Waals surface area contributed by atoms with E-state index in [1.165, 1.54) is 29.5 Å². The molecule has 1 heterocycles. The minimum absolute atomic E-state index is 0.00480. The molecule has 0 bridgehead atoms. The molecule has 8 nitrogen and oxygen atoms in total. The summed E-state index contributed by atoms with van der Waals surface area (Å²) in [7, 11) is 0. The Kier molecular flexibility index (Phi) is 12.3. The molecule has 4 aromatic carbocycles. The smallest absolute Gasteiger partial charge is 0.268 e. The van der Waals surface area contributed by atoms with Gasteiger partial charge in [0.05, 0.1) is 10.0 Å². The second-order valence-corrected chi connectivity index (χ2v) is 16.2. The molecule has 4 aromatic rings. The topological polar surface area (TPSA) is 100 Å². The second kappa shape index (κ2) is 16.3. The van der Waals surface area contributed by atoms with Crippen LogP contribution in [0.1, 0.15) is 75.9 Å². The van der Waals surface area contributed by atoms with Gasteiger partial charge in [-0.1, -0.05) is 113 Å². The Morgan fingerprint density at radius 2 is 1.52 bits per heavy atom. The Hall–Kier alpha value is -4.02. The normalized spacial score (nSPS) is 14.6. The van der Waals surface area contributed by atoms with Crippen molar-refractivity contribution < 1.29 is 19.1 Å². The van der Waals surface area contributed by atoms with Crippen molar-refractivity contribution in [2.45, 2.75) is 75.4 Å². The molecule has 2 N–H and O–H groups in total. The molecular formula is C40H41Cl3N4O4S. The SMILES string of the molecule is CCC(C)(C)c1ccc(OCC(=O)Nc2cccc(C(=O)NC3=NN(c4c(Cl)cc(Cl)cc4Cl)C(=O)[C@H]3Sc3ccccc3)c2)c(C(C)(C)CC)c1. The van der Waals surface area contributed by atoms with E-state index in [-0.39, 0.29) is 50.5 Å².